The van der Waals surface area contributed by atoms with Gasteiger partial charge in [0, 0.05) is 24.3 Å². The quantitative estimate of drug-likeness (QED) is 0.406. The Kier molecular flexibility index (Phi) is 8.69. The van der Waals surface area contributed by atoms with Gasteiger partial charge in [-0.1, -0.05) is 25.4 Å². The third-order valence-corrected chi connectivity index (χ3v) is 3.72. The van der Waals surface area contributed by atoms with Crippen LogP contribution in [-0.2, 0) is 4.79 Å². The summed E-state index contributed by atoms with van der Waals surface area (Å²) in [5, 5.41) is 15.3. The highest BCUT2D eigenvalue weighted by atomic mass is 35.5. The Balaban J connectivity index is 2.69. The minimum absolute atomic E-state index is 0.0171. The maximum atomic E-state index is 12.2. The minimum Gasteiger partial charge on any atom is -0.495 e. The number of amides is 1. The van der Waals surface area contributed by atoms with Crippen molar-refractivity contribution in [2.45, 2.75) is 13.8 Å². The van der Waals surface area contributed by atoms with Crippen LogP contribution in [0.25, 0.3) is 0 Å². The minimum atomic E-state index is -0.520. The maximum absolute atomic E-state index is 12.2. The average molecular weight is 351 g/mol. The van der Waals surface area contributed by atoms with Crippen molar-refractivity contribution < 1.29 is 9.53 Å². The number of hydrogen-bond acceptors (Lipinski definition) is 5. The Morgan fingerprint density at radius 3 is 2.71 bits per heavy atom. The molecule has 0 unspecified atom stereocenters. The van der Waals surface area contributed by atoms with Crippen LogP contribution in [0.3, 0.4) is 0 Å². The highest BCUT2D eigenvalue weighted by Gasteiger charge is 2.12. The van der Waals surface area contributed by atoms with Crippen LogP contribution in [0.5, 0.6) is 5.75 Å². The molecule has 0 saturated heterocycles. The summed E-state index contributed by atoms with van der Waals surface area (Å²) in [4.78, 5) is 14.5. The zero-order valence-electron chi connectivity index (χ0n) is 14.2. The van der Waals surface area contributed by atoms with Crippen molar-refractivity contribution in [2.24, 2.45) is 0 Å². The molecule has 0 aliphatic heterocycles. The van der Waals surface area contributed by atoms with Crippen LogP contribution in [0.1, 0.15) is 13.8 Å². The third-order valence-electron chi connectivity index (χ3n) is 3.49. The van der Waals surface area contributed by atoms with Crippen molar-refractivity contribution in [2.75, 3.05) is 38.6 Å². The number of likely N-dealkylation sites (N-methyl/N-ethyl adjacent to an activating group) is 1. The van der Waals surface area contributed by atoms with E-state index in [9.17, 15) is 4.79 Å². The summed E-state index contributed by atoms with van der Waals surface area (Å²) in [6.45, 7) is 7.59. The number of rotatable bonds is 9. The molecule has 1 aromatic carbocycles. The molecular weight excluding hydrogens is 328 g/mol. The molecule has 1 amide bonds. The van der Waals surface area contributed by atoms with Gasteiger partial charge in [0.2, 0.25) is 0 Å². The van der Waals surface area contributed by atoms with Gasteiger partial charge >= 0.3 is 0 Å². The fourth-order valence-electron chi connectivity index (χ4n) is 2.05. The predicted octanol–water partition coefficient (Wildman–Crippen LogP) is 2.63. The highest BCUT2D eigenvalue weighted by Crippen LogP contribution is 2.27. The number of benzene rings is 1. The topological polar surface area (TPSA) is 77.4 Å². The van der Waals surface area contributed by atoms with Gasteiger partial charge in [0.15, 0.2) is 0 Å². The highest BCUT2D eigenvalue weighted by molar-refractivity contribution is 6.31. The largest absolute Gasteiger partial charge is 0.495 e. The molecule has 24 heavy (non-hydrogen) atoms. The summed E-state index contributed by atoms with van der Waals surface area (Å²) in [5.74, 6) is -0.0482. The van der Waals surface area contributed by atoms with Crippen molar-refractivity contribution in [1.82, 2.24) is 10.2 Å². The zero-order valence-corrected chi connectivity index (χ0v) is 15.0. The molecule has 2 N–H and O–H groups in total. The SMILES string of the molecule is CCN(CC)CCN/C=C(/C#N)C(=O)Nc1cc(Cl)ccc1OC. The molecule has 7 heteroatoms. The lowest BCUT2D eigenvalue weighted by Crippen LogP contribution is -2.30. The lowest BCUT2D eigenvalue weighted by Gasteiger charge is -2.17. The maximum Gasteiger partial charge on any atom is 0.267 e. The van der Waals surface area contributed by atoms with Crippen LogP contribution >= 0.6 is 11.6 Å². The van der Waals surface area contributed by atoms with Gasteiger partial charge < -0.3 is 20.3 Å². The fourth-order valence-corrected chi connectivity index (χ4v) is 2.22. The van der Waals surface area contributed by atoms with E-state index in [1.165, 1.54) is 13.3 Å². The van der Waals surface area contributed by atoms with E-state index in [0.717, 1.165) is 19.6 Å². The van der Waals surface area contributed by atoms with Crippen LogP contribution in [0, 0.1) is 11.3 Å². The number of halogens is 1. The Hall–Kier alpha value is -2.23. The predicted molar refractivity (Wildman–Crippen MR) is 96.1 cm³/mol. The first kappa shape index (κ1) is 19.8. The first-order valence-electron chi connectivity index (χ1n) is 7.76. The molecule has 0 saturated carbocycles. The van der Waals surface area contributed by atoms with Crippen molar-refractivity contribution in [3.8, 4) is 11.8 Å². The van der Waals surface area contributed by atoms with Crippen LogP contribution < -0.4 is 15.4 Å². The smallest absolute Gasteiger partial charge is 0.267 e. The number of carbonyl (C=O) groups excluding carboxylic acids is 1. The first-order chi connectivity index (χ1) is 11.5. The second kappa shape index (κ2) is 10.5. The van der Waals surface area contributed by atoms with E-state index >= 15 is 0 Å². The van der Waals surface area contributed by atoms with E-state index in [0.29, 0.717) is 23.0 Å². The lowest BCUT2D eigenvalue weighted by atomic mass is 10.2. The standard InChI is InChI=1S/C17H23ClN4O2/c1-4-22(5-2)9-8-20-12-13(11-19)17(23)21-15-10-14(18)6-7-16(15)24-3/h6-7,10,12,20H,4-5,8-9H2,1-3H3,(H,21,23)/b13-12-. The molecule has 130 valence electrons. The van der Waals surface area contributed by atoms with Gasteiger partial charge in [0.05, 0.1) is 12.8 Å². The van der Waals surface area contributed by atoms with Gasteiger partial charge in [-0.2, -0.15) is 5.26 Å². The van der Waals surface area contributed by atoms with Gasteiger partial charge in [0.1, 0.15) is 17.4 Å². The molecule has 0 spiro atoms. The van der Waals surface area contributed by atoms with Gasteiger partial charge in [-0.05, 0) is 31.3 Å². The summed E-state index contributed by atoms with van der Waals surface area (Å²) >= 11 is 5.93. The number of anilines is 1. The first-order valence-corrected chi connectivity index (χ1v) is 8.14. The Morgan fingerprint density at radius 2 is 2.12 bits per heavy atom. The Bertz CT molecular complexity index is 622. The molecule has 0 aliphatic carbocycles. The van der Waals surface area contributed by atoms with Crippen molar-refractivity contribution in [3.05, 3.63) is 35.0 Å². The van der Waals surface area contributed by atoms with E-state index in [-0.39, 0.29) is 5.57 Å². The number of nitrogens with zero attached hydrogens (tertiary/aromatic N) is 2. The molecule has 0 fully saturated rings. The molecule has 0 atom stereocenters. The number of carbonyl (C=O) groups is 1. The Labute approximate surface area is 148 Å². The van der Waals surface area contributed by atoms with Gasteiger partial charge in [-0.15, -0.1) is 0 Å². The number of nitrogens with one attached hydrogen (secondary N) is 2. The summed E-state index contributed by atoms with van der Waals surface area (Å²) < 4.78 is 5.17. The third kappa shape index (κ3) is 6.11. The second-order valence-corrected chi connectivity index (χ2v) is 5.39. The van der Waals surface area contributed by atoms with Crippen LogP contribution in [0.15, 0.2) is 30.0 Å². The van der Waals surface area contributed by atoms with E-state index in [1.807, 2.05) is 6.07 Å². The van der Waals surface area contributed by atoms with E-state index in [1.54, 1.807) is 18.2 Å². The molecule has 0 bridgehead atoms. The zero-order chi connectivity index (χ0) is 17.9. The van der Waals surface area contributed by atoms with Crippen molar-refractivity contribution in [1.29, 1.82) is 5.26 Å². The number of methoxy groups -OCH3 is 1. The summed E-state index contributed by atoms with van der Waals surface area (Å²) in [6.07, 6.45) is 1.43. The monoisotopic (exact) mass is 350 g/mol. The van der Waals surface area contributed by atoms with Crippen LogP contribution in [-0.4, -0.2) is 44.1 Å². The Morgan fingerprint density at radius 1 is 1.42 bits per heavy atom. The van der Waals surface area contributed by atoms with Crippen molar-refractivity contribution >= 4 is 23.2 Å². The number of nitriles is 1. The van der Waals surface area contributed by atoms with Gasteiger partial charge in [-0.25, -0.2) is 0 Å². The fraction of sp³-hybridized carbons (Fsp3) is 0.412. The molecule has 0 aliphatic rings. The number of hydrogen-bond donors (Lipinski definition) is 2. The van der Waals surface area contributed by atoms with E-state index in [2.05, 4.69) is 29.4 Å². The second-order valence-electron chi connectivity index (χ2n) is 4.95. The van der Waals surface area contributed by atoms with E-state index in [4.69, 9.17) is 21.6 Å². The van der Waals surface area contributed by atoms with E-state index < -0.39 is 5.91 Å². The molecule has 1 rings (SSSR count). The van der Waals surface area contributed by atoms with Crippen molar-refractivity contribution in [3.63, 3.8) is 0 Å². The molecular formula is C17H23ClN4O2. The normalized spacial score (nSPS) is 11.1. The lowest BCUT2D eigenvalue weighted by molar-refractivity contribution is -0.112. The molecule has 1 aromatic rings. The summed E-state index contributed by atoms with van der Waals surface area (Å²) in [7, 11) is 1.49. The van der Waals surface area contributed by atoms with Gasteiger partial charge in [-0.3, -0.25) is 4.79 Å². The molecule has 6 nitrogen and oxygen atoms in total. The van der Waals surface area contributed by atoms with Crippen LogP contribution in [0.2, 0.25) is 5.02 Å². The average Bonchev–Trinajstić information content (AvgIpc) is 2.58. The summed E-state index contributed by atoms with van der Waals surface area (Å²) in [5.41, 5.74) is 0.399. The number of ether oxygens (including phenoxy) is 1. The molecule has 0 aromatic heterocycles. The van der Waals surface area contributed by atoms with Crippen LogP contribution in [0.4, 0.5) is 5.69 Å². The van der Waals surface area contributed by atoms with Gasteiger partial charge in [0.25, 0.3) is 5.91 Å². The summed E-state index contributed by atoms with van der Waals surface area (Å²) in [6, 6.07) is 6.77. The molecule has 0 radical (unpaired) electrons. The molecule has 0 heterocycles.